The van der Waals surface area contributed by atoms with Crippen LogP contribution in [-0.4, -0.2) is 19.6 Å². The molecule has 1 N–H and O–H groups in total. The molecule has 0 aromatic heterocycles. The summed E-state index contributed by atoms with van der Waals surface area (Å²) in [5.74, 6) is -0.575. The maximum atomic E-state index is 13.2. The van der Waals surface area contributed by atoms with Crippen LogP contribution in [0.5, 0.6) is 0 Å². The fourth-order valence-electron chi connectivity index (χ4n) is 2.90. The van der Waals surface area contributed by atoms with Crippen LogP contribution < -0.4 is 5.32 Å². The van der Waals surface area contributed by atoms with Gasteiger partial charge in [0.05, 0.1) is 12.7 Å². The Bertz CT molecular complexity index is 1030. The molecule has 0 heterocycles. The molecule has 0 radical (unpaired) electrons. The number of methoxy groups -OCH3 is 1. The minimum atomic E-state index is -4.47. The Balaban J connectivity index is 1.94. The Kier molecular flexibility index (Phi) is 5.68. The maximum Gasteiger partial charge on any atom is 0.418 e. The molecule has 0 saturated heterocycles. The van der Waals surface area contributed by atoms with E-state index in [-0.39, 0.29) is 12.2 Å². The molecule has 0 aliphatic carbocycles. The lowest BCUT2D eigenvalue weighted by molar-refractivity contribution is -0.137. The Morgan fingerprint density at radius 1 is 1.00 bits per heavy atom. The number of anilines is 1. The van der Waals surface area contributed by atoms with Crippen LogP contribution >= 0.6 is 0 Å². The largest absolute Gasteiger partial charge is 0.466 e. The highest BCUT2D eigenvalue weighted by atomic mass is 19.4. The van der Waals surface area contributed by atoms with Gasteiger partial charge in [0.25, 0.3) is 0 Å². The highest BCUT2D eigenvalue weighted by molar-refractivity contribution is 5.94. The number of rotatable bonds is 5. The Hall–Kier alpha value is -3.28. The molecule has 3 aromatic rings. The van der Waals surface area contributed by atoms with Crippen molar-refractivity contribution >= 4 is 28.0 Å². The minimum Gasteiger partial charge on any atom is -0.466 e. The first-order chi connectivity index (χ1) is 13.4. The van der Waals surface area contributed by atoms with Gasteiger partial charge in [-0.2, -0.15) is 13.2 Å². The number of carbonyl (C=O) groups excluding carboxylic acids is 1. The first-order valence-electron chi connectivity index (χ1n) is 8.56. The summed E-state index contributed by atoms with van der Waals surface area (Å²) in [4.78, 5) is 11.8. The first kappa shape index (κ1) is 19.5. The molecule has 0 fully saturated rings. The lowest BCUT2D eigenvalue weighted by Crippen LogP contribution is -2.13. The van der Waals surface area contributed by atoms with Crippen molar-refractivity contribution in [2.45, 2.75) is 6.18 Å². The summed E-state index contributed by atoms with van der Waals surface area (Å²) < 4.78 is 44.3. The van der Waals surface area contributed by atoms with E-state index < -0.39 is 17.7 Å². The van der Waals surface area contributed by atoms with Crippen molar-refractivity contribution in [1.29, 1.82) is 0 Å². The molecule has 0 bridgehead atoms. The van der Waals surface area contributed by atoms with E-state index in [0.29, 0.717) is 5.57 Å². The number of halogens is 3. The van der Waals surface area contributed by atoms with Gasteiger partial charge >= 0.3 is 12.1 Å². The summed E-state index contributed by atoms with van der Waals surface area (Å²) in [5, 5.41) is 4.79. The fourth-order valence-corrected chi connectivity index (χ4v) is 2.90. The van der Waals surface area contributed by atoms with E-state index in [1.54, 1.807) is 0 Å². The number of esters is 1. The number of alkyl halides is 3. The number of ether oxygens (including phenoxy) is 1. The zero-order valence-electron chi connectivity index (χ0n) is 15.1. The Morgan fingerprint density at radius 2 is 1.68 bits per heavy atom. The third kappa shape index (κ3) is 4.52. The van der Waals surface area contributed by atoms with Crippen LogP contribution in [-0.2, 0) is 15.7 Å². The maximum absolute atomic E-state index is 13.2. The highest BCUT2D eigenvalue weighted by Crippen LogP contribution is 2.35. The minimum absolute atomic E-state index is 0.0283. The van der Waals surface area contributed by atoms with Crippen molar-refractivity contribution in [1.82, 2.24) is 0 Å². The number of hydrogen-bond donors (Lipinski definition) is 1. The van der Waals surface area contributed by atoms with Crippen molar-refractivity contribution in [3.8, 4) is 0 Å². The van der Waals surface area contributed by atoms with Gasteiger partial charge in [-0.15, -0.1) is 0 Å². The van der Waals surface area contributed by atoms with Gasteiger partial charge in [-0.05, 0) is 40.1 Å². The van der Waals surface area contributed by atoms with Crippen LogP contribution in [0, 0.1) is 0 Å². The van der Waals surface area contributed by atoms with Crippen LogP contribution in [0.4, 0.5) is 18.9 Å². The fraction of sp³-hybridized carbons (Fsp3) is 0.136. The number of para-hydroxylation sites is 1. The normalized spacial score (nSPS) is 12.1. The van der Waals surface area contributed by atoms with Gasteiger partial charge in [0.15, 0.2) is 0 Å². The van der Waals surface area contributed by atoms with Crippen LogP contribution in [0.3, 0.4) is 0 Å². The van der Waals surface area contributed by atoms with Gasteiger partial charge < -0.3 is 10.1 Å². The molecule has 0 aliphatic heterocycles. The van der Waals surface area contributed by atoms with Gasteiger partial charge in [-0.25, -0.2) is 4.79 Å². The van der Waals surface area contributed by atoms with E-state index in [2.05, 4.69) is 5.32 Å². The van der Waals surface area contributed by atoms with Crippen LogP contribution in [0.25, 0.3) is 16.3 Å². The monoisotopic (exact) mass is 385 g/mol. The smallest absolute Gasteiger partial charge is 0.418 e. The molecule has 0 amide bonds. The van der Waals surface area contributed by atoms with E-state index in [4.69, 9.17) is 4.74 Å². The van der Waals surface area contributed by atoms with Gasteiger partial charge in [0.2, 0.25) is 0 Å². The highest BCUT2D eigenvalue weighted by Gasteiger charge is 2.33. The molecule has 0 saturated carbocycles. The Morgan fingerprint density at radius 3 is 2.39 bits per heavy atom. The number of hydrogen-bond acceptors (Lipinski definition) is 3. The third-order valence-electron chi connectivity index (χ3n) is 4.32. The summed E-state index contributed by atoms with van der Waals surface area (Å²) in [6, 6.07) is 18.6. The van der Waals surface area contributed by atoms with E-state index in [1.807, 2.05) is 42.5 Å². The number of benzene rings is 3. The second-order valence-corrected chi connectivity index (χ2v) is 6.15. The van der Waals surface area contributed by atoms with E-state index in [1.165, 1.54) is 31.4 Å². The standard InChI is InChI=1S/C22H18F3NO2/c1-28-21(27)13-18(17-11-10-15-6-2-3-7-16(15)12-17)14-26-20-9-5-4-8-19(20)22(23,24)25/h2-13,26H,14H2,1H3/b18-13+. The lowest BCUT2D eigenvalue weighted by atomic mass is 10.0. The lowest BCUT2D eigenvalue weighted by Gasteiger charge is -2.16. The van der Waals surface area contributed by atoms with Crippen molar-refractivity contribution in [3.05, 3.63) is 83.9 Å². The van der Waals surface area contributed by atoms with Crippen molar-refractivity contribution < 1.29 is 22.7 Å². The quantitative estimate of drug-likeness (QED) is 0.464. The zero-order chi connectivity index (χ0) is 20.1. The Labute approximate surface area is 160 Å². The first-order valence-corrected chi connectivity index (χ1v) is 8.56. The molecule has 3 aromatic carbocycles. The third-order valence-corrected chi connectivity index (χ3v) is 4.32. The number of nitrogens with one attached hydrogen (secondary N) is 1. The molecule has 144 valence electrons. The molecule has 0 unspecified atom stereocenters. The molecule has 3 rings (SSSR count). The number of fused-ring (bicyclic) bond motifs is 1. The van der Waals surface area contributed by atoms with Gasteiger partial charge in [-0.3, -0.25) is 0 Å². The van der Waals surface area contributed by atoms with Crippen molar-refractivity contribution in [2.24, 2.45) is 0 Å². The zero-order valence-corrected chi connectivity index (χ0v) is 15.1. The van der Waals surface area contributed by atoms with Crippen LogP contribution in [0.1, 0.15) is 11.1 Å². The second kappa shape index (κ2) is 8.17. The molecule has 0 spiro atoms. The number of carbonyl (C=O) groups is 1. The van der Waals surface area contributed by atoms with Crippen LogP contribution in [0.15, 0.2) is 72.8 Å². The molecule has 3 nitrogen and oxygen atoms in total. The molecule has 0 atom stereocenters. The van der Waals surface area contributed by atoms with Crippen LogP contribution in [0.2, 0.25) is 0 Å². The topological polar surface area (TPSA) is 38.3 Å². The molecular weight excluding hydrogens is 367 g/mol. The van der Waals surface area contributed by atoms with Gasteiger partial charge in [-0.1, -0.05) is 48.5 Å². The predicted octanol–water partition coefficient (Wildman–Crippen LogP) is 5.53. The summed E-state index contributed by atoms with van der Waals surface area (Å²) in [6.07, 6.45) is -3.19. The summed E-state index contributed by atoms with van der Waals surface area (Å²) in [6.45, 7) is 0.0283. The SMILES string of the molecule is COC(=O)/C=C(\CNc1ccccc1C(F)(F)F)c1ccc2ccccc2c1. The molecule has 28 heavy (non-hydrogen) atoms. The molecular formula is C22H18F3NO2. The predicted molar refractivity (Wildman–Crippen MR) is 104 cm³/mol. The van der Waals surface area contributed by atoms with Crippen molar-refractivity contribution in [3.63, 3.8) is 0 Å². The van der Waals surface area contributed by atoms with E-state index >= 15 is 0 Å². The van der Waals surface area contributed by atoms with Crippen molar-refractivity contribution in [2.75, 3.05) is 19.0 Å². The summed E-state index contributed by atoms with van der Waals surface area (Å²) >= 11 is 0. The van der Waals surface area contributed by atoms with E-state index in [9.17, 15) is 18.0 Å². The summed E-state index contributed by atoms with van der Waals surface area (Å²) in [5.41, 5.74) is 0.438. The second-order valence-electron chi connectivity index (χ2n) is 6.15. The molecule has 6 heteroatoms. The molecule has 0 aliphatic rings. The average molecular weight is 385 g/mol. The van der Waals surface area contributed by atoms with Gasteiger partial charge in [0, 0.05) is 18.3 Å². The van der Waals surface area contributed by atoms with E-state index in [0.717, 1.165) is 22.4 Å². The van der Waals surface area contributed by atoms with Gasteiger partial charge in [0.1, 0.15) is 0 Å². The summed E-state index contributed by atoms with van der Waals surface area (Å²) in [7, 11) is 1.25. The average Bonchev–Trinajstić information content (AvgIpc) is 2.70.